The van der Waals surface area contributed by atoms with Gasteiger partial charge < -0.3 is 9.64 Å². The average Bonchev–Trinajstić information content (AvgIpc) is 2.24. The van der Waals surface area contributed by atoms with E-state index in [1.807, 2.05) is 41.5 Å². The molecule has 0 N–H and O–H groups in total. The van der Waals surface area contributed by atoms with Crippen LogP contribution in [-0.2, 0) is 9.53 Å². The van der Waals surface area contributed by atoms with Gasteiger partial charge in [-0.25, -0.2) is 4.79 Å². The highest BCUT2D eigenvalue weighted by atomic mass is 16.6. The molecular weight excluding hydrogens is 242 g/mol. The number of nitrogens with zero attached hydrogens (tertiary/aromatic N) is 1. The van der Waals surface area contributed by atoms with E-state index in [1.165, 1.54) is 0 Å². The first kappa shape index (κ1) is 16.0. The van der Waals surface area contributed by atoms with Gasteiger partial charge in [-0.3, -0.25) is 4.79 Å². The third kappa shape index (κ3) is 4.84. The summed E-state index contributed by atoms with van der Waals surface area (Å²) in [6, 6.07) is 0. The zero-order valence-corrected chi connectivity index (χ0v) is 13.1. The van der Waals surface area contributed by atoms with Crippen molar-refractivity contribution in [2.24, 2.45) is 11.3 Å². The summed E-state index contributed by atoms with van der Waals surface area (Å²) in [6.07, 6.45) is 1.43. The molecule has 1 saturated heterocycles. The lowest BCUT2D eigenvalue weighted by atomic mass is 9.80. The van der Waals surface area contributed by atoms with Crippen molar-refractivity contribution in [1.29, 1.82) is 0 Å². The fourth-order valence-electron chi connectivity index (χ4n) is 2.30. The molecular formula is C15H27NO3. The van der Waals surface area contributed by atoms with Crippen LogP contribution in [0.5, 0.6) is 0 Å². The maximum atomic E-state index is 12.3. The number of hydrogen-bond acceptors (Lipinski definition) is 3. The Morgan fingerprint density at radius 1 is 1.11 bits per heavy atom. The number of likely N-dealkylation sites (tertiary alicyclic amines) is 1. The Morgan fingerprint density at radius 2 is 1.68 bits per heavy atom. The van der Waals surface area contributed by atoms with Crippen LogP contribution in [0.3, 0.4) is 0 Å². The summed E-state index contributed by atoms with van der Waals surface area (Å²) in [7, 11) is 0. The normalized spacial score (nSPS) is 21.2. The minimum Gasteiger partial charge on any atom is -0.444 e. The smallest absolute Gasteiger partial charge is 0.410 e. The van der Waals surface area contributed by atoms with Gasteiger partial charge in [0.1, 0.15) is 11.4 Å². The molecule has 1 amide bonds. The van der Waals surface area contributed by atoms with Gasteiger partial charge in [0.2, 0.25) is 0 Å². The summed E-state index contributed by atoms with van der Waals surface area (Å²) in [5.74, 6) is 0.182. The standard InChI is InChI=1S/C15H27NO3/c1-14(2,3)12(17)11-8-7-9-16(10-11)13(18)19-15(4,5)6/h11H,7-10H2,1-6H3/t11-/m1/s1. The van der Waals surface area contributed by atoms with Gasteiger partial charge in [-0.2, -0.15) is 0 Å². The van der Waals surface area contributed by atoms with E-state index in [0.717, 1.165) is 12.8 Å². The van der Waals surface area contributed by atoms with Crippen LogP contribution in [0, 0.1) is 11.3 Å². The van der Waals surface area contributed by atoms with Gasteiger partial charge in [-0.15, -0.1) is 0 Å². The number of amides is 1. The van der Waals surface area contributed by atoms with Crippen molar-refractivity contribution in [3.05, 3.63) is 0 Å². The average molecular weight is 269 g/mol. The molecule has 0 aromatic heterocycles. The second kappa shape index (κ2) is 5.51. The molecule has 1 aliphatic rings. The molecule has 4 heteroatoms. The lowest BCUT2D eigenvalue weighted by Gasteiger charge is -2.35. The van der Waals surface area contributed by atoms with Gasteiger partial charge in [-0.05, 0) is 33.6 Å². The SMILES string of the molecule is CC(C)(C)OC(=O)N1CCC[C@@H](C(=O)C(C)(C)C)C1. The molecule has 0 unspecified atom stereocenters. The number of ether oxygens (including phenoxy) is 1. The molecule has 110 valence electrons. The second-order valence-electron chi connectivity index (χ2n) is 7.38. The fraction of sp³-hybridized carbons (Fsp3) is 0.867. The number of ketones is 1. The Balaban J connectivity index is 2.65. The van der Waals surface area contributed by atoms with Gasteiger partial charge >= 0.3 is 6.09 Å². The first-order valence-corrected chi connectivity index (χ1v) is 7.03. The molecule has 0 spiro atoms. The quantitative estimate of drug-likeness (QED) is 0.734. The first-order chi connectivity index (χ1) is 8.50. The lowest BCUT2D eigenvalue weighted by molar-refractivity contribution is -0.132. The van der Waals surface area contributed by atoms with E-state index in [4.69, 9.17) is 4.74 Å². The van der Waals surface area contributed by atoms with E-state index < -0.39 is 5.60 Å². The van der Waals surface area contributed by atoms with Gasteiger partial charge in [-0.1, -0.05) is 20.8 Å². The van der Waals surface area contributed by atoms with Crippen LogP contribution in [0.2, 0.25) is 0 Å². The van der Waals surface area contributed by atoms with E-state index in [9.17, 15) is 9.59 Å². The Morgan fingerprint density at radius 3 is 2.16 bits per heavy atom. The van der Waals surface area contributed by atoms with Gasteiger partial charge in [0, 0.05) is 24.4 Å². The zero-order valence-electron chi connectivity index (χ0n) is 13.1. The molecule has 1 atom stereocenters. The van der Waals surface area contributed by atoms with E-state index in [-0.39, 0.29) is 23.2 Å². The van der Waals surface area contributed by atoms with E-state index >= 15 is 0 Å². The summed E-state index contributed by atoms with van der Waals surface area (Å²) in [5.41, 5.74) is -0.834. The van der Waals surface area contributed by atoms with Crippen molar-refractivity contribution in [1.82, 2.24) is 4.90 Å². The van der Waals surface area contributed by atoms with Crippen LogP contribution >= 0.6 is 0 Å². The van der Waals surface area contributed by atoms with Gasteiger partial charge in [0.05, 0.1) is 0 Å². The van der Waals surface area contributed by atoms with Crippen LogP contribution in [0.4, 0.5) is 4.79 Å². The Hall–Kier alpha value is -1.06. The third-order valence-corrected chi connectivity index (χ3v) is 3.18. The van der Waals surface area contributed by atoms with Crippen LogP contribution in [0.15, 0.2) is 0 Å². The molecule has 0 aliphatic carbocycles. The zero-order chi connectivity index (χ0) is 14.8. The molecule has 0 aromatic rings. The first-order valence-electron chi connectivity index (χ1n) is 7.03. The monoisotopic (exact) mass is 269 g/mol. The highest BCUT2D eigenvalue weighted by molar-refractivity contribution is 5.86. The molecule has 0 radical (unpaired) electrons. The maximum Gasteiger partial charge on any atom is 0.410 e. The van der Waals surface area contributed by atoms with Crippen LogP contribution in [0.25, 0.3) is 0 Å². The Bertz CT molecular complexity index is 349. The maximum absolute atomic E-state index is 12.3. The number of carbonyl (C=O) groups excluding carboxylic acids is 2. The van der Waals surface area contributed by atoms with Crippen LogP contribution in [-0.4, -0.2) is 35.5 Å². The van der Waals surface area contributed by atoms with Crippen LogP contribution in [0.1, 0.15) is 54.4 Å². The molecule has 1 rings (SSSR count). The second-order valence-corrected chi connectivity index (χ2v) is 7.38. The van der Waals surface area contributed by atoms with Crippen molar-refractivity contribution >= 4 is 11.9 Å². The topological polar surface area (TPSA) is 46.6 Å². The molecule has 19 heavy (non-hydrogen) atoms. The Labute approximate surface area is 116 Å². The number of piperidine rings is 1. The minimum absolute atomic E-state index is 0.0544. The van der Waals surface area contributed by atoms with Gasteiger partial charge in [0.25, 0.3) is 0 Å². The van der Waals surface area contributed by atoms with Crippen molar-refractivity contribution in [3.63, 3.8) is 0 Å². The molecule has 1 fully saturated rings. The predicted octanol–water partition coefficient (Wildman–Crippen LogP) is 3.25. The molecule has 1 heterocycles. The van der Waals surface area contributed by atoms with Crippen molar-refractivity contribution in [3.8, 4) is 0 Å². The number of Topliss-reactive ketones (excluding diaryl/α,β-unsaturated/α-hetero) is 1. The number of rotatable bonds is 1. The molecule has 1 aliphatic heterocycles. The lowest BCUT2D eigenvalue weighted by Crippen LogP contribution is -2.46. The molecule has 0 aromatic carbocycles. The van der Waals surface area contributed by atoms with E-state index in [2.05, 4.69) is 0 Å². The Kier molecular flexibility index (Phi) is 4.64. The number of carbonyl (C=O) groups is 2. The summed E-state index contributed by atoms with van der Waals surface area (Å²) in [6.45, 7) is 12.5. The van der Waals surface area contributed by atoms with E-state index in [1.54, 1.807) is 4.90 Å². The minimum atomic E-state index is -0.488. The summed E-state index contributed by atoms with van der Waals surface area (Å²) in [4.78, 5) is 26.0. The van der Waals surface area contributed by atoms with E-state index in [0.29, 0.717) is 13.1 Å². The highest BCUT2D eigenvalue weighted by Gasteiger charge is 2.35. The van der Waals surface area contributed by atoms with Crippen molar-refractivity contribution in [2.45, 2.75) is 60.0 Å². The van der Waals surface area contributed by atoms with Gasteiger partial charge in [0.15, 0.2) is 0 Å². The summed E-state index contributed by atoms with van der Waals surface area (Å²) >= 11 is 0. The molecule has 4 nitrogen and oxygen atoms in total. The number of hydrogen-bond donors (Lipinski definition) is 0. The molecule has 0 saturated carbocycles. The summed E-state index contributed by atoms with van der Waals surface area (Å²) < 4.78 is 5.37. The van der Waals surface area contributed by atoms with Crippen molar-refractivity contribution in [2.75, 3.05) is 13.1 Å². The third-order valence-electron chi connectivity index (χ3n) is 3.18. The van der Waals surface area contributed by atoms with Crippen LogP contribution < -0.4 is 0 Å². The molecule has 0 bridgehead atoms. The summed E-state index contributed by atoms with van der Waals surface area (Å²) in [5, 5.41) is 0. The van der Waals surface area contributed by atoms with Crippen molar-refractivity contribution < 1.29 is 14.3 Å². The predicted molar refractivity (Wildman–Crippen MR) is 75.0 cm³/mol. The highest BCUT2D eigenvalue weighted by Crippen LogP contribution is 2.27. The largest absolute Gasteiger partial charge is 0.444 e. The fourth-order valence-corrected chi connectivity index (χ4v) is 2.30.